The van der Waals surface area contributed by atoms with Gasteiger partial charge in [0.1, 0.15) is 6.07 Å². The summed E-state index contributed by atoms with van der Waals surface area (Å²) >= 11 is 5.37. The standard InChI is InChI=1S/C14H17N3S/c1-3-10(4-2)9-17-12-7-5-6-11(8-15)13(12)16-14(17)18/h5-7,10H,3-4,9H2,1-2H3,(H,16,18). The van der Waals surface area contributed by atoms with Crippen molar-refractivity contribution in [3.05, 3.63) is 28.5 Å². The zero-order chi connectivity index (χ0) is 13.1. The first kappa shape index (κ1) is 12.8. The molecule has 0 aliphatic rings. The number of H-pyrrole nitrogens is 1. The molecule has 0 fully saturated rings. The number of nitriles is 1. The van der Waals surface area contributed by atoms with E-state index in [1.54, 1.807) is 0 Å². The van der Waals surface area contributed by atoms with Crippen LogP contribution in [0.15, 0.2) is 18.2 Å². The van der Waals surface area contributed by atoms with Gasteiger partial charge in [0.25, 0.3) is 0 Å². The van der Waals surface area contributed by atoms with Gasteiger partial charge in [0.05, 0.1) is 16.6 Å². The van der Waals surface area contributed by atoms with Gasteiger partial charge in [0, 0.05) is 6.54 Å². The maximum absolute atomic E-state index is 9.10. The summed E-state index contributed by atoms with van der Waals surface area (Å²) in [7, 11) is 0. The molecule has 4 heteroatoms. The zero-order valence-corrected chi connectivity index (χ0v) is 11.5. The van der Waals surface area contributed by atoms with Crippen LogP contribution >= 0.6 is 12.2 Å². The molecular weight excluding hydrogens is 242 g/mol. The van der Waals surface area contributed by atoms with Crippen LogP contribution in [0.2, 0.25) is 0 Å². The molecule has 0 atom stereocenters. The Hall–Kier alpha value is -1.60. The van der Waals surface area contributed by atoms with Crippen LogP contribution in [0.5, 0.6) is 0 Å². The first-order chi connectivity index (χ1) is 8.71. The second-order valence-electron chi connectivity index (χ2n) is 4.53. The molecule has 0 radical (unpaired) electrons. The summed E-state index contributed by atoms with van der Waals surface area (Å²) in [5, 5.41) is 9.10. The lowest BCUT2D eigenvalue weighted by Crippen LogP contribution is -2.09. The van der Waals surface area contributed by atoms with E-state index in [9.17, 15) is 0 Å². The third-order valence-corrected chi connectivity index (χ3v) is 3.85. The van der Waals surface area contributed by atoms with E-state index >= 15 is 0 Å². The molecule has 1 aromatic carbocycles. The van der Waals surface area contributed by atoms with E-state index in [-0.39, 0.29) is 0 Å². The molecule has 18 heavy (non-hydrogen) atoms. The lowest BCUT2D eigenvalue weighted by atomic mass is 10.0. The molecule has 0 aliphatic heterocycles. The van der Waals surface area contributed by atoms with Crippen molar-refractivity contribution in [3.8, 4) is 6.07 Å². The smallest absolute Gasteiger partial charge is 0.178 e. The normalized spacial score (nSPS) is 11.0. The number of aromatic nitrogens is 2. The summed E-state index contributed by atoms with van der Waals surface area (Å²) in [6.45, 7) is 5.32. The quantitative estimate of drug-likeness (QED) is 0.843. The van der Waals surface area contributed by atoms with Crippen molar-refractivity contribution >= 4 is 23.3 Å². The number of fused-ring (bicyclic) bond motifs is 1. The summed E-state index contributed by atoms with van der Waals surface area (Å²) in [6, 6.07) is 7.94. The molecule has 94 valence electrons. The van der Waals surface area contributed by atoms with Crippen LogP contribution in [-0.2, 0) is 6.54 Å². The highest BCUT2D eigenvalue weighted by Crippen LogP contribution is 2.21. The Bertz CT molecular complexity index is 641. The number of aromatic amines is 1. The largest absolute Gasteiger partial charge is 0.329 e. The Kier molecular flexibility index (Phi) is 3.83. The second kappa shape index (κ2) is 5.36. The summed E-state index contributed by atoms with van der Waals surface area (Å²) in [5.41, 5.74) is 2.55. The zero-order valence-electron chi connectivity index (χ0n) is 10.7. The van der Waals surface area contributed by atoms with Gasteiger partial charge < -0.3 is 9.55 Å². The highest BCUT2D eigenvalue weighted by Gasteiger charge is 2.11. The summed E-state index contributed by atoms with van der Waals surface area (Å²) in [4.78, 5) is 3.16. The van der Waals surface area contributed by atoms with Crippen LogP contribution in [0.3, 0.4) is 0 Å². The maximum atomic E-state index is 9.10. The van der Waals surface area contributed by atoms with E-state index in [1.165, 1.54) is 0 Å². The van der Waals surface area contributed by atoms with E-state index in [2.05, 4.69) is 29.5 Å². The fraction of sp³-hybridized carbons (Fsp3) is 0.429. The molecular formula is C14H17N3S. The number of hydrogen-bond donors (Lipinski definition) is 1. The molecule has 1 N–H and O–H groups in total. The van der Waals surface area contributed by atoms with Crippen molar-refractivity contribution in [1.29, 1.82) is 5.26 Å². The molecule has 0 saturated heterocycles. The number of imidazole rings is 1. The number of hydrogen-bond acceptors (Lipinski definition) is 2. The lowest BCUT2D eigenvalue weighted by Gasteiger charge is -2.13. The van der Waals surface area contributed by atoms with Gasteiger partial charge in [-0.15, -0.1) is 0 Å². The van der Waals surface area contributed by atoms with Crippen LogP contribution in [-0.4, -0.2) is 9.55 Å². The summed E-state index contributed by atoms with van der Waals surface area (Å²) in [6.07, 6.45) is 2.28. The molecule has 3 nitrogen and oxygen atoms in total. The number of rotatable bonds is 4. The van der Waals surface area contributed by atoms with Crippen molar-refractivity contribution in [1.82, 2.24) is 9.55 Å². The van der Waals surface area contributed by atoms with Crippen molar-refractivity contribution < 1.29 is 0 Å². The average Bonchev–Trinajstić information content (AvgIpc) is 2.71. The average molecular weight is 259 g/mol. The third-order valence-electron chi connectivity index (χ3n) is 3.53. The molecule has 0 bridgehead atoms. The SMILES string of the molecule is CCC(CC)Cn1c(=S)[nH]c2c(C#N)cccc21. The Morgan fingerprint density at radius 2 is 2.11 bits per heavy atom. The van der Waals surface area contributed by atoms with Crippen LogP contribution in [0.1, 0.15) is 32.3 Å². The minimum absolute atomic E-state index is 0.626. The highest BCUT2D eigenvalue weighted by molar-refractivity contribution is 7.71. The van der Waals surface area contributed by atoms with Crippen molar-refractivity contribution in [2.24, 2.45) is 5.92 Å². The van der Waals surface area contributed by atoms with Crippen molar-refractivity contribution in [2.45, 2.75) is 33.2 Å². The van der Waals surface area contributed by atoms with Gasteiger partial charge in [-0.1, -0.05) is 32.8 Å². The minimum atomic E-state index is 0.626. The predicted molar refractivity (Wildman–Crippen MR) is 75.9 cm³/mol. The van der Waals surface area contributed by atoms with E-state index in [0.717, 1.165) is 30.4 Å². The van der Waals surface area contributed by atoms with E-state index in [1.807, 2.05) is 18.2 Å². The van der Waals surface area contributed by atoms with Gasteiger partial charge >= 0.3 is 0 Å². The summed E-state index contributed by atoms with van der Waals surface area (Å²) in [5.74, 6) is 0.626. The number of nitrogens with zero attached hydrogens (tertiary/aromatic N) is 2. The third kappa shape index (κ3) is 2.19. The van der Waals surface area contributed by atoms with Crippen molar-refractivity contribution in [2.75, 3.05) is 0 Å². The fourth-order valence-corrected chi connectivity index (χ4v) is 2.53. The number of para-hydroxylation sites is 1. The van der Waals surface area contributed by atoms with Crippen LogP contribution < -0.4 is 0 Å². The topological polar surface area (TPSA) is 44.5 Å². The van der Waals surface area contributed by atoms with E-state index < -0.39 is 0 Å². The molecule has 0 unspecified atom stereocenters. The molecule has 0 amide bonds. The van der Waals surface area contributed by atoms with Gasteiger partial charge in [-0.05, 0) is 30.3 Å². The van der Waals surface area contributed by atoms with Gasteiger partial charge in [-0.3, -0.25) is 0 Å². The molecule has 2 rings (SSSR count). The Morgan fingerprint density at radius 3 is 2.72 bits per heavy atom. The Balaban J connectivity index is 2.55. The first-order valence-corrected chi connectivity index (χ1v) is 6.73. The van der Waals surface area contributed by atoms with Crippen LogP contribution in [0.25, 0.3) is 11.0 Å². The van der Waals surface area contributed by atoms with Crippen LogP contribution in [0, 0.1) is 22.0 Å². The van der Waals surface area contributed by atoms with E-state index in [0.29, 0.717) is 16.3 Å². The maximum Gasteiger partial charge on any atom is 0.178 e. The Morgan fingerprint density at radius 1 is 1.39 bits per heavy atom. The Labute approximate surface area is 112 Å². The number of nitrogens with one attached hydrogen (secondary N) is 1. The molecule has 0 spiro atoms. The van der Waals surface area contributed by atoms with Crippen molar-refractivity contribution in [3.63, 3.8) is 0 Å². The molecule has 1 heterocycles. The monoisotopic (exact) mass is 259 g/mol. The second-order valence-corrected chi connectivity index (χ2v) is 4.92. The highest BCUT2D eigenvalue weighted by atomic mass is 32.1. The van der Waals surface area contributed by atoms with Gasteiger partial charge in [-0.25, -0.2) is 0 Å². The molecule has 1 aromatic heterocycles. The summed E-state index contributed by atoms with van der Waals surface area (Å²) < 4.78 is 2.82. The number of benzene rings is 1. The van der Waals surface area contributed by atoms with Gasteiger partial charge in [-0.2, -0.15) is 5.26 Å². The fourth-order valence-electron chi connectivity index (χ4n) is 2.26. The van der Waals surface area contributed by atoms with Gasteiger partial charge in [0.15, 0.2) is 4.77 Å². The molecule has 0 aliphatic carbocycles. The lowest BCUT2D eigenvalue weighted by molar-refractivity contribution is 0.422. The van der Waals surface area contributed by atoms with Gasteiger partial charge in [0.2, 0.25) is 0 Å². The molecule has 0 saturated carbocycles. The first-order valence-electron chi connectivity index (χ1n) is 6.32. The molecule has 2 aromatic rings. The minimum Gasteiger partial charge on any atom is -0.329 e. The predicted octanol–water partition coefficient (Wildman–Crippen LogP) is 4.01. The van der Waals surface area contributed by atoms with Crippen LogP contribution in [0.4, 0.5) is 0 Å². The van der Waals surface area contributed by atoms with E-state index in [4.69, 9.17) is 17.5 Å².